The summed E-state index contributed by atoms with van der Waals surface area (Å²) in [6.07, 6.45) is 10.6. The Morgan fingerprint density at radius 1 is 1.12 bits per heavy atom. The summed E-state index contributed by atoms with van der Waals surface area (Å²) >= 11 is 0. The molecule has 0 unspecified atom stereocenters. The van der Waals surface area contributed by atoms with Gasteiger partial charge in [0.1, 0.15) is 0 Å². The Morgan fingerprint density at radius 3 is 2.52 bits per heavy atom. The van der Waals surface area contributed by atoms with Crippen LogP contribution in [0.25, 0.3) is 0 Å². The second kappa shape index (κ2) is 9.33. The lowest BCUT2D eigenvalue weighted by molar-refractivity contribution is -0.138. The summed E-state index contributed by atoms with van der Waals surface area (Å²) in [6.45, 7) is 6.85. The van der Waals surface area contributed by atoms with Gasteiger partial charge in [0, 0.05) is 44.8 Å². The van der Waals surface area contributed by atoms with Crippen molar-refractivity contribution in [2.24, 2.45) is 11.8 Å². The lowest BCUT2D eigenvalue weighted by Gasteiger charge is -2.37. The predicted octanol–water partition coefficient (Wildman–Crippen LogP) is 3.72. The second-order valence-electron chi connectivity index (χ2n) is 7.78. The Morgan fingerprint density at radius 2 is 1.88 bits per heavy atom. The first-order chi connectivity index (χ1) is 12.3. The van der Waals surface area contributed by atoms with E-state index in [1.54, 1.807) is 0 Å². The molecule has 25 heavy (non-hydrogen) atoms. The number of carbonyl (C=O) groups excluding carboxylic acids is 1. The maximum Gasteiger partial charge on any atom is 0.225 e. The number of carbonyl (C=O) groups is 1. The molecule has 1 aromatic rings. The molecule has 0 bridgehead atoms. The van der Waals surface area contributed by atoms with Gasteiger partial charge < -0.3 is 4.90 Å². The van der Waals surface area contributed by atoms with Crippen LogP contribution in [0.3, 0.4) is 0 Å². The maximum absolute atomic E-state index is 12.8. The van der Waals surface area contributed by atoms with Gasteiger partial charge in [0.25, 0.3) is 0 Å². The van der Waals surface area contributed by atoms with Gasteiger partial charge in [0.15, 0.2) is 0 Å². The average Bonchev–Trinajstić information content (AvgIpc) is 2.68. The first-order valence-corrected chi connectivity index (χ1v) is 10.2. The van der Waals surface area contributed by atoms with Gasteiger partial charge in [-0.25, -0.2) is 0 Å². The lowest BCUT2D eigenvalue weighted by atomic mass is 9.79. The van der Waals surface area contributed by atoms with E-state index in [4.69, 9.17) is 0 Å². The molecule has 2 heterocycles. The largest absolute Gasteiger partial charge is 0.340 e. The van der Waals surface area contributed by atoms with Crippen LogP contribution < -0.4 is 0 Å². The topological polar surface area (TPSA) is 36.4 Å². The van der Waals surface area contributed by atoms with E-state index in [2.05, 4.69) is 27.8 Å². The van der Waals surface area contributed by atoms with E-state index in [0.29, 0.717) is 11.8 Å². The molecule has 1 aliphatic carbocycles. The highest BCUT2D eigenvalue weighted by Gasteiger charge is 2.30. The smallest absolute Gasteiger partial charge is 0.225 e. The Kier molecular flexibility index (Phi) is 6.85. The van der Waals surface area contributed by atoms with Gasteiger partial charge in [-0.05, 0) is 43.7 Å². The van der Waals surface area contributed by atoms with Crippen LogP contribution in [0.5, 0.6) is 0 Å². The van der Waals surface area contributed by atoms with Crippen molar-refractivity contribution in [2.75, 3.05) is 26.2 Å². The zero-order valence-electron chi connectivity index (χ0n) is 15.7. The molecule has 1 aliphatic heterocycles. The average molecular weight is 344 g/mol. The number of aromatic nitrogens is 1. The van der Waals surface area contributed by atoms with E-state index in [9.17, 15) is 4.79 Å². The van der Waals surface area contributed by atoms with E-state index >= 15 is 0 Å². The van der Waals surface area contributed by atoms with Crippen molar-refractivity contribution >= 4 is 5.91 Å². The van der Waals surface area contributed by atoms with Gasteiger partial charge in [-0.2, -0.15) is 0 Å². The van der Waals surface area contributed by atoms with E-state index in [0.717, 1.165) is 57.2 Å². The van der Waals surface area contributed by atoms with E-state index < -0.39 is 0 Å². The minimum Gasteiger partial charge on any atom is -0.340 e. The highest BCUT2D eigenvalue weighted by Crippen LogP contribution is 2.33. The zero-order chi connectivity index (χ0) is 17.5. The molecule has 1 saturated heterocycles. The molecule has 0 atom stereocenters. The molecular formula is C21H33N3O. The molecule has 1 aromatic heterocycles. The van der Waals surface area contributed by atoms with E-state index in [-0.39, 0.29) is 0 Å². The third kappa shape index (κ3) is 5.27. The van der Waals surface area contributed by atoms with Gasteiger partial charge in [-0.3, -0.25) is 14.7 Å². The van der Waals surface area contributed by atoms with Gasteiger partial charge in [-0.1, -0.05) is 32.3 Å². The van der Waals surface area contributed by atoms with Crippen LogP contribution in [-0.2, 0) is 11.3 Å². The molecule has 0 spiro atoms. The molecule has 3 rings (SSSR count). The molecule has 0 aromatic carbocycles. The quantitative estimate of drug-likeness (QED) is 0.790. The van der Waals surface area contributed by atoms with Crippen LogP contribution in [-0.4, -0.2) is 46.9 Å². The summed E-state index contributed by atoms with van der Waals surface area (Å²) in [7, 11) is 0. The lowest BCUT2D eigenvalue weighted by Crippen LogP contribution is -2.50. The summed E-state index contributed by atoms with van der Waals surface area (Å²) in [5.41, 5.74) is 1.12. The molecule has 2 fully saturated rings. The second-order valence-corrected chi connectivity index (χ2v) is 7.78. The minimum atomic E-state index is 0.292. The van der Waals surface area contributed by atoms with Crippen molar-refractivity contribution in [3.05, 3.63) is 30.1 Å². The summed E-state index contributed by atoms with van der Waals surface area (Å²) in [5.74, 6) is 1.59. The molecule has 4 nitrogen and oxygen atoms in total. The summed E-state index contributed by atoms with van der Waals surface area (Å²) in [5, 5.41) is 0. The van der Waals surface area contributed by atoms with Crippen LogP contribution in [0.15, 0.2) is 24.4 Å². The number of nitrogens with zero attached hydrogens (tertiary/aromatic N) is 3. The number of pyridine rings is 1. The predicted molar refractivity (Wildman–Crippen MR) is 101 cm³/mol. The van der Waals surface area contributed by atoms with Crippen LogP contribution in [0.1, 0.15) is 57.6 Å². The highest BCUT2D eigenvalue weighted by molar-refractivity contribution is 5.79. The van der Waals surface area contributed by atoms with Gasteiger partial charge in [-0.15, -0.1) is 0 Å². The number of unbranched alkanes of at least 4 members (excludes halogenated alkanes) is 1. The third-order valence-corrected chi connectivity index (χ3v) is 5.96. The van der Waals surface area contributed by atoms with Crippen molar-refractivity contribution in [3.8, 4) is 0 Å². The number of hydrogen-bond donors (Lipinski definition) is 0. The normalized spacial score (nSPS) is 25.1. The van der Waals surface area contributed by atoms with Crippen molar-refractivity contribution in [1.82, 2.24) is 14.8 Å². The Labute approximate surface area is 152 Å². The Hall–Kier alpha value is -1.42. The van der Waals surface area contributed by atoms with Crippen molar-refractivity contribution < 1.29 is 4.79 Å². The minimum absolute atomic E-state index is 0.292. The fourth-order valence-electron chi connectivity index (χ4n) is 4.30. The highest BCUT2D eigenvalue weighted by atomic mass is 16.2. The first-order valence-electron chi connectivity index (χ1n) is 10.2. The molecule has 2 aliphatic rings. The zero-order valence-corrected chi connectivity index (χ0v) is 15.7. The molecule has 0 N–H and O–H groups in total. The number of piperazine rings is 1. The van der Waals surface area contributed by atoms with Crippen molar-refractivity contribution in [1.29, 1.82) is 0 Å². The van der Waals surface area contributed by atoms with Crippen LogP contribution >= 0.6 is 0 Å². The van der Waals surface area contributed by atoms with E-state index in [1.807, 2.05) is 18.3 Å². The van der Waals surface area contributed by atoms with Gasteiger partial charge in [0.2, 0.25) is 5.91 Å². The Bertz CT molecular complexity index is 517. The summed E-state index contributed by atoms with van der Waals surface area (Å²) < 4.78 is 0. The molecular weight excluding hydrogens is 310 g/mol. The van der Waals surface area contributed by atoms with Crippen LogP contribution in [0.4, 0.5) is 0 Å². The van der Waals surface area contributed by atoms with Crippen LogP contribution in [0, 0.1) is 11.8 Å². The number of hydrogen-bond acceptors (Lipinski definition) is 3. The fraction of sp³-hybridized carbons (Fsp3) is 0.714. The van der Waals surface area contributed by atoms with Crippen molar-refractivity contribution in [3.63, 3.8) is 0 Å². The summed E-state index contributed by atoms with van der Waals surface area (Å²) in [4.78, 5) is 21.8. The molecule has 4 heteroatoms. The summed E-state index contributed by atoms with van der Waals surface area (Å²) in [6, 6.07) is 6.07. The molecule has 138 valence electrons. The monoisotopic (exact) mass is 343 g/mol. The molecule has 0 radical (unpaired) electrons. The van der Waals surface area contributed by atoms with Crippen molar-refractivity contribution in [2.45, 2.75) is 58.4 Å². The number of rotatable bonds is 6. The third-order valence-electron chi connectivity index (χ3n) is 5.96. The van der Waals surface area contributed by atoms with Gasteiger partial charge in [0.05, 0.1) is 5.69 Å². The fourth-order valence-corrected chi connectivity index (χ4v) is 4.30. The van der Waals surface area contributed by atoms with E-state index in [1.165, 1.54) is 32.1 Å². The van der Waals surface area contributed by atoms with Crippen LogP contribution in [0.2, 0.25) is 0 Å². The van der Waals surface area contributed by atoms with Gasteiger partial charge >= 0.3 is 0 Å². The molecule has 1 amide bonds. The standard InChI is InChI=1S/C21H33N3O/c1-2-3-6-18-8-10-19(11-9-18)21(25)24-15-13-23(14-16-24)17-20-7-4-5-12-22-20/h4-5,7,12,18-19H,2-3,6,8-11,13-17H2,1H3. The SMILES string of the molecule is CCCCC1CCC(C(=O)N2CCN(Cc3ccccn3)CC2)CC1. The number of amides is 1. The Balaban J connectivity index is 1.40. The molecule has 1 saturated carbocycles. The maximum atomic E-state index is 12.8. The first kappa shape index (κ1) is 18.4.